The first-order chi connectivity index (χ1) is 6.25. The molecule has 0 amide bonds. The number of hydrogen-bond donors (Lipinski definition) is 2. The van der Waals surface area contributed by atoms with Crippen LogP contribution in [0.3, 0.4) is 0 Å². The van der Waals surface area contributed by atoms with Gasteiger partial charge in [-0.15, -0.1) is 0 Å². The van der Waals surface area contributed by atoms with Crippen molar-refractivity contribution in [3.8, 4) is 0 Å². The summed E-state index contributed by atoms with van der Waals surface area (Å²) in [6, 6.07) is 0. The van der Waals surface area contributed by atoms with Gasteiger partial charge in [0, 0.05) is 13.6 Å². The van der Waals surface area contributed by atoms with Crippen molar-refractivity contribution in [2.24, 2.45) is 11.7 Å². The van der Waals surface area contributed by atoms with Crippen LogP contribution in [0.25, 0.3) is 0 Å². The number of rotatable bonds is 6. The summed E-state index contributed by atoms with van der Waals surface area (Å²) < 4.78 is 26.5. The van der Waals surface area contributed by atoms with Crippen molar-refractivity contribution in [3.63, 3.8) is 0 Å². The monoisotopic (exact) mass is 239 g/mol. The summed E-state index contributed by atoms with van der Waals surface area (Å²) in [5, 5.41) is 0. The molecule has 0 rings (SSSR count). The topological polar surface area (TPSA) is 75.4 Å². The minimum Gasteiger partial charge on any atom is -0.392 e. The fraction of sp³-hybridized carbons (Fsp3) is 0.857. The minimum atomic E-state index is -3.43. The molecule has 0 radical (unpaired) electrons. The molecule has 0 aromatic carbocycles. The Bertz CT molecular complexity index is 287. The summed E-state index contributed by atoms with van der Waals surface area (Å²) >= 11 is 4.62. The van der Waals surface area contributed by atoms with E-state index in [0.29, 0.717) is 6.54 Å². The molecule has 14 heavy (non-hydrogen) atoms. The van der Waals surface area contributed by atoms with E-state index in [9.17, 15) is 8.42 Å². The van der Waals surface area contributed by atoms with Gasteiger partial charge in [-0.2, -0.15) is 12.7 Å². The molecule has 0 bridgehead atoms. The molecule has 0 heterocycles. The maximum atomic E-state index is 11.5. The van der Waals surface area contributed by atoms with Gasteiger partial charge in [-0.1, -0.05) is 26.1 Å². The van der Waals surface area contributed by atoms with E-state index in [1.165, 1.54) is 7.05 Å². The summed E-state index contributed by atoms with van der Waals surface area (Å²) in [5.41, 5.74) is 5.24. The Morgan fingerprint density at radius 3 is 2.43 bits per heavy atom. The van der Waals surface area contributed by atoms with Gasteiger partial charge >= 0.3 is 0 Å². The van der Waals surface area contributed by atoms with E-state index in [-0.39, 0.29) is 17.5 Å². The van der Waals surface area contributed by atoms with E-state index in [0.717, 1.165) is 4.31 Å². The summed E-state index contributed by atoms with van der Waals surface area (Å²) in [4.78, 5) is 0.155. The largest absolute Gasteiger partial charge is 0.392 e. The first-order valence-corrected chi connectivity index (χ1v) is 6.09. The van der Waals surface area contributed by atoms with Crippen LogP contribution in [0, 0.1) is 5.92 Å². The Morgan fingerprint density at radius 1 is 1.57 bits per heavy atom. The third kappa shape index (κ3) is 5.48. The third-order valence-electron chi connectivity index (χ3n) is 1.46. The summed E-state index contributed by atoms with van der Waals surface area (Å²) in [6.07, 6.45) is 0. The number of nitrogens with one attached hydrogen (secondary N) is 1. The van der Waals surface area contributed by atoms with Crippen molar-refractivity contribution < 1.29 is 8.42 Å². The van der Waals surface area contributed by atoms with Crippen molar-refractivity contribution in [2.75, 3.05) is 20.1 Å². The normalized spacial score (nSPS) is 12.4. The maximum absolute atomic E-state index is 11.5. The number of thiocarbonyl (C=S) groups is 1. The Morgan fingerprint density at radius 2 is 2.07 bits per heavy atom. The Balaban J connectivity index is 4.24. The van der Waals surface area contributed by atoms with Crippen LogP contribution in [0.2, 0.25) is 0 Å². The van der Waals surface area contributed by atoms with E-state index in [1.807, 2.05) is 13.8 Å². The molecule has 0 aliphatic rings. The molecule has 0 fully saturated rings. The second kappa shape index (κ2) is 5.59. The molecular formula is C7H17N3O2S2. The highest BCUT2D eigenvalue weighted by Crippen LogP contribution is 1.95. The molecule has 0 aromatic rings. The van der Waals surface area contributed by atoms with Crippen LogP contribution in [-0.2, 0) is 10.2 Å². The SMILES string of the molecule is CC(C)CNS(=O)(=O)N(C)CC(N)=S. The van der Waals surface area contributed by atoms with Gasteiger partial charge < -0.3 is 5.73 Å². The summed E-state index contributed by atoms with van der Waals surface area (Å²) in [7, 11) is -2.00. The molecule has 84 valence electrons. The lowest BCUT2D eigenvalue weighted by Gasteiger charge is -2.17. The fourth-order valence-electron chi connectivity index (χ4n) is 0.687. The summed E-state index contributed by atoms with van der Waals surface area (Å²) in [6.45, 7) is 4.32. The molecule has 0 unspecified atom stereocenters. The number of likely N-dealkylation sites (N-methyl/N-ethyl adjacent to an activating group) is 1. The number of nitrogens with zero attached hydrogens (tertiary/aromatic N) is 1. The van der Waals surface area contributed by atoms with Crippen molar-refractivity contribution in [2.45, 2.75) is 13.8 Å². The van der Waals surface area contributed by atoms with E-state index in [4.69, 9.17) is 5.73 Å². The molecule has 0 saturated heterocycles. The Labute approximate surface area is 90.8 Å². The van der Waals surface area contributed by atoms with Gasteiger partial charge in [-0.05, 0) is 5.92 Å². The molecule has 0 atom stereocenters. The zero-order chi connectivity index (χ0) is 11.4. The summed E-state index contributed by atoms with van der Waals surface area (Å²) in [5.74, 6) is 0.267. The van der Waals surface area contributed by atoms with E-state index in [2.05, 4.69) is 16.9 Å². The number of hydrogen-bond acceptors (Lipinski definition) is 3. The predicted molar refractivity (Wildman–Crippen MR) is 61.2 cm³/mol. The molecule has 3 N–H and O–H groups in total. The van der Waals surface area contributed by atoms with Crippen molar-refractivity contribution in [1.82, 2.24) is 9.03 Å². The zero-order valence-corrected chi connectivity index (χ0v) is 10.3. The van der Waals surface area contributed by atoms with Gasteiger partial charge in [0.25, 0.3) is 10.2 Å². The second-order valence-electron chi connectivity index (χ2n) is 3.47. The zero-order valence-electron chi connectivity index (χ0n) is 8.65. The molecule has 0 aromatic heterocycles. The molecule has 7 heteroatoms. The van der Waals surface area contributed by atoms with Gasteiger partial charge in [-0.3, -0.25) is 0 Å². The lowest BCUT2D eigenvalue weighted by molar-refractivity contribution is 0.482. The van der Waals surface area contributed by atoms with Crippen LogP contribution in [0.1, 0.15) is 13.8 Å². The van der Waals surface area contributed by atoms with Crippen LogP contribution in [-0.4, -0.2) is 37.8 Å². The molecule has 0 aliphatic heterocycles. The van der Waals surface area contributed by atoms with Gasteiger partial charge in [-0.25, -0.2) is 4.72 Å². The van der Waals surface area contributed by atoms with Gasteiger partial charge in [0.05, 0.1) is 11.5 Å². The standard InChI is InChI=1S/C7H17N3O2S2/c1-6(2)4-9-14(11,12)10(3)5-7(8)13/h6,9H,4-5H2,1-3H3,(H2,8,13). The molecule has 0 aliphatic carbocycles. The fourth-order valence-corrected chi connectivity index (χ4v) is 2.04. The van der Waals surface area contributed by atoms with Crippen molar-refractivity contribution in [3.05, 3.63) is 0 Å². The van der Waals surface area contributed by atoms with E-state index < -0.39 is 10.2 Å². The van der Waals surface area contributed by atoms with E-state index in [1.54, 1.807) is 0 Å². The number of nitrogens with two attached hydrogens (primary N) is 1. The first-order valence-electron chi connectivity index (χ1n) is 4.25. The van der Waals surface area contributed by atoms with Crippen molar-refractivity contribution >= 4 is 27.4 Å². The van der Waals surface area contributed by atoms with Crippen LogP contribution in [0.15, 0.2) is 0 Å². The van der Waals surface area contributed by atoms with Crippen LogP contribution < -0.4 is 10.5 Å². The first kappa shape index (κ1) is 13.8. The lowest BCUT2D eigenvalue weighted by Crippen LogP contribution is -2.43. The molecular weight excluding hydrogens is 222 g/mol. The molecule has 0 saturated carbocycles. The van der Waals surface area contributed by atoms with Gasteiger partial charge in [0.2, 0.25) is 0 Å². The van der Waals surface area contributed by atoms with Crippen LogP contribution >= 0.6 is 12.2 Å². The highest BCUT2D eigenvalue weighted by Gasteiger charge is 2.17. The minimum absolute atomic E-state index is 0.0583. The van der Waals surface area contributed by atoms with Crippen molar-refractivity contribution in [1.29, 1.82) is 0 Å². The predicted octanol–water partition coefficient (Wildman–Crippen LogP) is -0.305. The highest BCUT2D eigenvalue weighted by molar-refractivity contribution is 7.87. The second-order valence-corrected chi connectivity index (χ2v) is 5.86. The molecule has 5 nitrogen and oxygen atoms in total. The van der Waals surface area contributed by atoms with E-state index >= 15 is 0 Å². The van der Waals surface area contributed by atoms with Crippen LogP contribution in [0.4, 0.5) is 0 Å². The van der Waals surface area contributed by atoms with Gasteiger partial charge in [0.15, 0.2) is 0 Å². The average molecular weight is 239 g/mol. The smallest absolute Gasteiger partial charge is 0.279 e. The van der Waals surface area contributed by atoms with Gasteiger partial charge in [0.1, 0.15) is 0 Å². The highest BCUT2D eigenvalue weighted by atomic mass is 32.2. The lowest BCUT2D eigenvalue weighted by atomic mass is 10.2. The maximum Gasteiger partial charge on any atom is 0.279 e. The molecule has 0 spiro atoms. The Kier molecular flexibility index (Phi) is 5.50. The third-order valence-corrected chi connectivity index (χ3v) is 3.07. The quantitative estimate of drug-likeness (QED) is 0.624. The van der Waals surface area contributed by atoms with Crippen LogP contribution in [0.5, 0.6) is 0 Å². The Hall–Kier alpha value is -0.240. The average Bonchev–Trinajstić information content (AvgIpc) is 1.99.